The van der Waals surface area contributed by atoms with Crippen molar-refractivity contribution in [3.63, 3.8) is 0 Å². The summed E-state index contributed by atoms with van der Waals surface area (Å²) in [6.07, 6.45) is 6.30. The minimum atomic E-state index is -0.392. The summed E-state index contributed by atoms with van der Waals surface area (Å²) in [6.45, 7) is 1.55. The molecule has 17 heavy (non-hydrogen) atoms. The Kier molecular flexibility index (Phi) is 3.98. The zero-order chi connectivity index (χ0) is 12.1. The number of imidazole rings is 1. The molecule has 0 radical (unpaired) electrons. The van der Waals surface area contributed by atoms with Crippen molar-refractivity contribution in [2.24, 2.45) is 0 Å². The highest BCUT2D eigenvalue weighted by atomic mass is 35.5. The van der Waals surface area contributed by atoms with Gasteiger partial charge in [0.05, 0.1) is 17.0 Å². The zero-order valence-corrected chi connectivity index (χ0v) is 9.99. The first kappa shape index (κ1) is 11.9. The number of nitrogens with one attached hydrogen (secondary N) is 1. The van der Waals surface area contributed by atoms with Gasteiger partial charge >= 0.3 is 0 Å². The van der Waals surface area contributed by atoms with Gasteiger partial charge < -0.3 is 9.88 Å². The molecule has 0 bridgehead atoms. The highest BCUT2D eigenvalue weighted by Gasteiger charge is 2.04. The average molecular weight is 254 g/mol. The van der Waals surface area contributed by atoms with Crippen LogP contribution in [0.4, 0.5) is 10.1 Å². The molecule has 1 aromatic heterocycles. The lowest BCUT2D eigenvalue weighted by Gasteiger charge is -2.08. The van der Waals surface area contributed by atoms with E-state index >= 15 is 0 Å². The van der Waals surface area contributed by atoms with Gasteiger partial charge in [-0.1, -0.05) is 17.7 Å². The highest BCUT2D eigenvalue weighted by Crippen LogP contribution is 2.21. The van der Waals surface area contributed by atoms with Crippen molar-refractivity contribution in [3.05, 3.63) is 47.8 Å². The quantitative estimate of drug-likeness (QED) is 0.830. The molecule has 2 rings (SSSR count). The van der Waals surface area contributed by atoms with Gasteiger partial charge in [-0.25, -0.2) is 9.37 Å². The predicted molar refractivity (Wildman–Crippen MR) is 66.7 cm³/mol. The monoisotopic (exact) mass is 253 g/mol. The number of hydrogen-bond acceptors (Lipinski definition) is 2. The van der Waals surface area contributed by atoms with Crippen LogP contribution in [0.3, 0.4) is 0 Å². The summed E-state index contributed by atoms with van der Waals surface area (Å²) < 4.78 is 15.5. The third kappa shape index (κ3) is 3.20. The standard InChI is InChI=1S/C12H13ClFN3/c13-10-3-1-4-11(12(10)14)16-5-2-7-17-8-6-15-9-17/h1,3-4,6,8-9,16H,2,5,7H2. The summed E-state index contributed by atoms with van der Waals surface area (Å²) in [4.78, 5) is 3.95. The lowest BCUT2D eigenvalue weighted by molar-refractivity contribution is 0.625. The molecule has 1 heterocycles. The number of nitrogens with zero attached hydrogens (tertiary/aromatic N) is 2. The molecule has 0 atom stereocenters. The topological polar surface area (TPSA) is 29.9 Å². The van der Waals surface area contributed by atoms with Crippen LogP contribution in [0.5, 0.6) is 0 Å². The molecule has 2 aromatic rings. The third-order valence-electron chi connectivity index (χ3n) is 2.42. The average Bonchev–Trinajstić information content (AvgIpc) is 2.83. The summed E-state index contributed by atoms with van der Waals surface area (Å²) in [7, 11) is 0. The molecule has 0 spiro atoms. The van der Waals surface area contributed by atoms with Crippen LogP contribution < -0.4 is 5.32 Å². The second-order valence-electron chi connectivity index (χ2n) is 3.68. The summed E-state index contributed by atoms with van der Waals surface area (Å²) in [6, 6.07) is 4.94. The maximum absolute atomic E-state index is 13.5. The molecule has 1 N–H and O–H groups in total. The fourth-order valence-electron chi connectivity index (χ4n) is 1.54. The van der Waals surface area contributed by atoms with Crippen LogP contribution in [0.2, 0.25) is 5.02 Å². The first-order valence-corrected chi connectivity index (χ1v) is 5.79. The molecule has 0 aliphatic heterocycles. The van der Waals surface area contributed by atoms with Crippen molar-refractivity contribution in [1.29, 1.82) is 0 Å². The number of anilines is 1. The minimum absolute atomic E-state index is 0.143. The first-order valence-electron chi connectivity index (χ1n) is 5.41. The van der Waals surface area contributed by atoms with Gasteiger partial charge in [-0.3, -0.25) is 0 Å². The Hall–Kier alpha value is -1.55. The molecule has 0 aliphatic rings. The fourth-order valence-corrected chi connectivity index (χ4v) is 1.72. The van der Waals surface area contributed by atoms with E-state index in [0.717, 1.165) is 13.0 Å². The summed E-state index contributed by atoms with van der Waals surface area (Å²) in [5.74, 6) is -0.392. The van der Waals surface area contributed by atoms with E-state index in [0.29, 0.717) is 12.2 Å². The van der Waals surface area contributed by atoms with E-state index in [-0.39, 0.29) is 5.02 Å². The lowest BCUT2D eigenvalue weighted by atomic mass is 10.3. The summed E-state index contributed by atoms with van der Waals surface area (Å²) >= 11 is 5.68. The number of aromatic nitrogens is 2. The van der Waals surface area contributed by atoms with E-state index in [1.54, 1.807) is 24.7 Å². The SMILES string of the molecule is Fc1c(Cl)cccc1NCCCn1ccnc1. The Morgan fingerprint density at radius 1 is 1.41 bits per heavy atom. The molecule has 0 saturated heterocycles. The fraction of sp³-hybridized carbons (Fsp3) is 0.250. The highest BCUT2D eigenvalue weighted by molar-refractivity contribution is 6.31. The Morgan fingerprint density at radius 3 is 3.06 bits per heavy atom. The van der Waals surface area contributed by atoms with Crippen LogP contribution in [0.25, 0.3) is 0 Å². The second-order valence-corrected chi connectivity index (χ2v) is 4.09. The van der Waals surface area contributed by atoms with Crippen molar-refractivity contribution >= 4 is 17.3 Å². The molecule has 0 saturated carbocycles. The van der Waals surface area contributed by atoms with E-state index in [4.69, 9.17) is 11.6 Å². The maximum atomic E-state index is 13.5. The van der Waals surface area contributed by atoms with Gasteiger partial charge in [-0.2, -0.15) is 0 Å². The molecular weight excluding hydrogens is 241 g/mol. The van der Waals surface area contributed by atoms with Crippen LogP contribution in [0.15, 0.2) is 36.9 Å². The van der Waals surface area contributed by atoms with Gasteiger partial charge in [0.25, 0.3) is 0 Å². The molecule has 90 valence electrons. The number of hydrogen-bond donors (Lipinski definition) is 1. The van der Waals surface area contributed by atoms with E-state index in [9.17, 15) is 4.39 Å². The third-order valence-corrected chi connectivity index (χ3v) is 2.71. The van der Waals surface area contributed by atoms with Gasteiger partial charge in [0, 0.05) is 25.5 Å². The van der Waals surface area contributed by atoms with Gasteiger partial charge in [-0.15, -0.1) is 0 Å². The molecular formula is C12H13ClFN3. The molecule has 0 aliphatic carbocycles. The normalized spacial score (nSPS) is 10.5. The number of rotatable bonds is 5. The molecule has 3 nitrogen and oxygen atoms in total. The van der Waals surface area contributed by atoms with Crippen LogP contribution in [0.1, 0.15) is 6.42 Å². The Bertz CT molecular complexity index is 471. The minimum Gasteiger partial charge on any atom is -0.383 e. The number of benzene rings is 1. The van der Waals surface area contributed by atoms with E-state index in [2.05, 4.69) is 10.3 Å². The smallest absolute Gasteiger partial charge is 0.164 e. The van der Waals surface area contributed by atoms with Crippen molar-refractivity contribution < 1.29 is 4.39 Å². The summed E-state index contributed by atoms with van der Waals surface area (Å²) in [5.41, 5.74) is 0.447. The zero-order valence-electron chi connectivity index (χ0n) is 9.24. The Labute approximate surface area is 104 Å². The van der Waals surface area contributed by atoms with Crippen LogP contribution in [0, 0.1) is 5.82 Å². The Balaban J connectivity index is 1.80. The largest absolute Gasteiger partial charge is 0.383 e. The van der Waals surface area contributed by atoms with Gasteiger partial charge in [0.2, 0.25) is 0 Å². The van der Waals surface area contributed by atoms with Crippen molar-refractivity contribution in [1.82, 2.24) is 9.55 Å². The second kappa shape index (κ2) is 5.68. The van der Waals surface area contributed by atoms with Gasteiger partial charge in [0.15, 0.2) is 5.82 Å². The van der Waals surface area contributed by atoms with E-state index < -0.39 is 5.82 Å². The van der Waals surface area contributed by atoms with Gasteiger partial charge in [0.1, 0.15) is 0 Å². The molecule has 0 fully saturated rings. The summed E-state index contributed by atoms with van der Waals surface area (Å²) in [5, 5.41) is 3.17. The Morgan fingerprint density at radius 2 is 2.29 bits per heavy atom. The first-order chi connectivity index (χ1) is 8.27. The van der Waals surface area contributed by atoms with Crippen molar-refractivity contribution in [2.45, 2.75) is 13.0 Å². The van der Waals surface area contributed by atoms with Crippen LogP contribution >= 0.6 is 11.6 Å². The van der Waals surface area contributed by atoms with Crippen LogP contribution in [-0.2, 0) is 6.54 Å². The molecule has 5 heteroatoms. The van der Waals surface area contributed by atoms with Crippen molar-refractivity contribution in [3.8, 4) is 0 Å². The maximum Gasteiger partial charge on any atom is 0.164 e. The lowest BCUT2D eigenvalue weighted by Crippen LogP contribution is -2.07. The van der Waals surface area contributed by atoms with Crippen LogP contribution in [-0.4, -0.2) is 16.1 Å². The van der Waals surface area contributed by atoms with Gasteiger partial charge in [-0.05, 0) is 18.6 Å². The number of aryl methyl sites for hydroxylation is 1. The van der Waals surface area contributed by atoms with E-state index in [1.165, 1.54) is 6.07 Å². The molecule has 1 aromatic carbocycles. The molecule has 0 unspecified atom stereocenters. The number of halogens is 2. The van der Waals surface area contributed by atoms with E-state index in [1.807, 2.05) is 10.8 Å². The predicted octanol–water partition coefficient (Wildman–Crippen LogP) is 3.18. The molecule has 0 amide bonds. The van der Waals surface area contributed by atoms with Crippen molar-refractivity contribution in [2.75, 3.05) is 11.9 Å².